The quantitative estimate of drug-likeness (QED) is 0.166. The molecule has 234 valence electrons. The van der Waals surface area contributed by atoms with E-state index in [1.807, 2.05) is 37.3 Å². The van der Waals surface area contributed by atoms with E-state index < -0.39 is 12.0 Å². The average Bonchev–Trinajstić information content (AvgIpc) is 3.30. The lowest BCUT2D eigenvalue weighted by Gasteiger charge is -2.25. The van der Waals surface area contributed by atoms with Crippen LogP contribution in [0.15, 0.2) is 80.1 Å². The Bertz CT molecular complexity index is 1990. The molecule has 0 N–H and O–H groups in total. The Hall–Kier alpha value is -3.57. The number of methoxy groups -OCH3 is 1. The normalized spacial score (nSPS) is 14.6. The van der Waals surface area contributed by atoms with Gasteiger partial charge >= 0.3 is 5.97 Å². The molecule has 0 aliphatic carbocycles. The van der Waals surface area contributed by atoms with E-state index >= 15 is 0 Å². The zero-order chi connectivity index (χ0) is 32.2. The zero-order valence-electron chi connectivity index (χ0n) is 24.9. The molecule has 1 aliphatic heterocycles. The number of allylic oxidation sites excluding steroid dienone is 1. The SMILES string of the molecule is CCOC(=O)C1=C(C)N=c2s/c(=C\c3ccc(OCc4ccc(Cl)cc4Cl)c(Br)c3)c(=O)n2[C@H]1c1ccc(OC)c(OCC)c1. The van der Waals surface area contributed by atoms with Crippen molar-refractivity contribution in [3.05, 3.63) is 117 Å². The summed E-state index contributed by atoms with van der Waals surface area (Å²) in [6, 6.07) is 15.4. The van der Waals surface area contributed by atoms with Gasteiger partial charge in [0.15, 0.2) is 16.3 Å². The molecule has 1 atom stereocenters. The van der Waals surface area contributed by atoms with Gasteiger partial charge in [0.1, 0.15) is 12.4 Å². The van der Waals surface area contributed by atoms with Gasteiger partial charge in [0, 0.05) is 15.6 Å². The van der Waals surface area contributed by atoms with Crippen LogP contribution in [0.4, 0.5) is 0 Å². The maximum absolute atomic E-state index is 14.0. The second kappa shape index (κ2) is 14.2. The molecule has 45 heavy (non-hydrogen) atoms. The van der Waals surface area contributed by atoms with Gasteiger partial charge in [-0.2, -0.15) is 0 Å². The number of thiazole rings is 1. The predicted octanol–water partition coefficient (Wildman–Crippen LogP) is 6.85. The molecule has 0 bridgehead atoms. The van der Waals surface area contributed by atoms with Crippen molar-refractivity contribution in [2.24, 2.45) is 4.99 Å². The first-order chi connectivity index (χ1) is 21.6. The molecule has 0 fully saturated rings. The van der Waals surface area contributed by atoms with Gasteiger partial charge in [-0.3, -0.25) is 9.36 Å². The maximum atomic E-state index is 14.0. The number of aromatic nitrogens is 1. The van der Waals surface area contributed by atoms with E-state index in [1.54, 1.807) is 51.3 Å². The number of benzene rings is 3. The van der Waals surface area contributed by atoms with Crippen LogP contribution in [0.5, 0.6) is 17.2 Å². The molecule has 0 saturated heterocycles. The summed E-state index contributed by atoms with van der Waals surface area (Å²) in [6.07, 6.45) is 1.79. The summed E-state index contributed by atoms with van der Waals surface area (Å²) in [5.41, 5.74) is 2.70. The predicted molar refractivity (Wildman–Crippen MR) is 179 cm³/mol. The van der Waals surface area contributed by atoms with E-state index in [4.69, 9.17) is 42.1 Å². The fourth-order valence-corrected chi connectivity index (χ4v) is 6.93. The highest BCUT2D eigenvalue weighted by Crippen LogP contribution is 2.36. The molecule has 2 heterocycles. The lowest BCUT2D eigenvalue weighted by molar-refractivity contribution is -0.139. The van der Waals surface area contributed by atoms with E-state index in [0.717, 1.165) is 11.1 Å². The Morgan fingerprint density at radius 2 is 1.80 bits per heavy atom. The number of carbonyl (C=O) groups is 1. The molecule has 0 spiro atoms. The van der Waals surface area contributed by atoms with Gasteiger partial charge < -0.3 is 18.9 Å². The molecule has 1 aromatic heterocycles. The summed E-state index contributed by atoms with van der Waals surface area (Å²) in [4.78, 5) is 32.4. The Morgan fingerprint density at radius 1 is 1.02 bits per heavy atom. The number of fused-ring (bicyclic) bond motifs is 1. The van der Waals surface area contributed by atoms with Gasteiger partial charge in [0.2, 0.25) is 0 Å². The maximum Gasteiger partial charge on any atom is 0.338 e. The van der Waals surface area contributed by atoms with Gasteiger partial charge in [-0.1, -0.05) is 52.7 Å². The van der Waals surface area contributed by atoms with Crippen LogP contribution in [0.25, 0.3) is 6.08 Å². The molecule has 0 amide bonds. The number of rotatable bonds is 10. The topological polar surface area (TPSA) is 88.4 Å². The monoisotopic (exact) mass is 730 g/mol. The average molecular weight is 732 g/mol. The number of nitrogens with zero attached hydrogens (tertiary/aromatic N) is 2. The second-order valence-corrected chi connectivity index (χ2v) is 12.6. The van der Waals surface area contributed by atoms with Crippen LogP contribution in [0.1, 0.15) is 43.5 Å². The number of esters is 1. The van der Waals surface area contributed by atoms with Crippen LogP contribution in [-0.4, -0.2) is 30.9 Å². The van der Waals surface area contributed by atoms with Crippen molar-refractivity contribution in [2.45, 2.75) is 33.4 Å². The summed E-state index contributed by atoms with van der Waals surface area (Å²) < 4.78 is 25.3. The van der Waals surface area contributed by atoms with Gasteiger partial charge in [0.25, 0.3) is 5.56 Å². The third kappa shape index (κ3) is 6.99. The molecule has 12 heteroatoms. The highest BCUT2D eigenvalue weighted by molar-refractivity contribution is 9.10. The van der Waals surface area contributed by atoms with Crippen LogP contribution in [0, 0.1) is 0 Å². The van der Waals surface area contributed by atoms with Crippen LogP contribution in [0.2, 0.25) is 10.0 Å². The van der Waals surface area contributed by atoms with E-state index in [0.29, 0.717) is 59.0 Å². The van der Waals surface area contributed by atoms with E-state index in [9.17, 15) is 9.59 Å². The highest BCUT2D eigenvalue weighted by atomic mass is 79.9. The standard InChI is InChI=1S/C33H29BrCl2N2O6S/c1-5-42-27-15-20(9-12-26(27)41-4)30-29(32(40)43-6-2)18(3)37-33-38(30)31(39)28(45-33)14-19-7-11-25(23(34)13-19)44-17-21-8-10-22(35)16-24(21)36/h7-16,30H,5-6,17H2,1-4H3/b28-14-/t30-/m0/s1. The van der Waals surface area contributed by atoms with Crippen molar-refractivity contribution < 1.29 is 23.7 Å². The molecule has 3 aromatic carbocycles. The Morgan fingerprint density at radius 3 is 2.49 bits per heavy atom. The number of carbonyl (C=O) groups excluding carboxylic acids is 1. The first-order valence-electron chi connectivity index (χ1n) is 14.0. The summed E-state index contributed by atoms with van der Waals surface area (Å²) in [7, 11) is 1.56. The molecule has 0 unspecified atom stereocenters. The third-order valence-corrected chi connectivity index (χ3v) is 9.16. The van der Waals surface area contributed by atoms with Gasteiger partial charge in [-0.05, 0) is 90.3 Å². The number of halogens is 3. The summed E-state index contributed by atoms with van der Waals surface area (Å²) in [5, 5.41) is 1.08. The number of hydrogen-bond acceptors (Lipinski definition) is 8. The molecule has 8 nitrogen and oxygen atoms in total. The van der Waals surface area contributed by atoms with Gasteiger partial charge in [-0.15, -0.1) is 0 Å². The molecule has 1 aliphatic rings. The second-order valence-electron chi connectivity index (χ2n) is 9.86. The van der Waals surface area contributed by atoms with Crippen molar-refractivity contribution in [2.75, 3.05) is 20.3 Å². The number of ether oxygens (including phenoxy) is 4. The Balaban J connectivity index is 1.54. The fourth-order valence-electron chi connectivity index (χ4n) is 4.91. The minimum atomic E-state index is -0.783. The van der Waals surface area contributed by atoms with Crippen molar-refractivity contribution in [3.8, 4) is 17.2 Å². The Labute approximate surface area is 282 Å². The summed E-state index contributed by atoms with van der Waals surface area (Å²) >= 11 is 17.1. The van der Waals surface area contributed by atoms with Crippen molar-refractivity contribution in [3.63, 3.8) is 0 Å². The zero-order valence-corrected chi connectivity index (χ0v) is 28.8. The molecule has 0 saturated carbocycles. The fraction of sp³-hybridized carbons (Fsp3) is 0.242. The smallest absolute Gasteiger partial charge is 0.338 e. The third-order valence-electron chi connectivity index (χ3n) is 6.97. The molecule has 5 rings (SSSR count). The summed E-state index contributed by atoms with van der Waals surface area (Å²) in [6.45, 7) is 6.20. The highest BCUT2D eigenvalue weighted by Gasteiger charge is 2.34. The van der Waals surface area contributed by atoms with E-state index in [2.05, 4.69) is 20.9 Å². The Kier molecular flexibility index (Phi) is 10.4. The first kappa shape index (κ1) is 32.8. The molecular formula is C33H29BrCl2N2O6S. The van der Waals surface area contributed by atoms with Crippen LogP contribution >= 0.6 is 50.5 Å². The van der Waals surface area contributed by atoms with Gasteiger partial charge in [0.05, 0.1) is 46.6 Å². The van der Waals surface area contributed by atoms with E-state index in [-0.39, 0.29) is 24.3 Å². The van der Waals surface area contributed by atoms with Crippen LogP contribution in [0.3, 0.4) is 0 Å². The summed E-state index contributed by atoms with van der Waals surface area (Å²) in [5.74, 6) is 1.12. The van der Waals surface area contributed by atoms with Gasteiger partial charge in [-0.25, -0.2) is 9.79 Å². The van der Waals surface area contributed by atoms with Crippen molar-refractivity contribution >= 4 is 62.5 Å². The largest absolute Gasteiger partial charge is 0.493 e. The lowest BCUT2D eigenvalue weighted by atomic mass is 9.95. The van der Waals surface area contributed by atoms with Crippen LogP contribution < -0.4 is 29.1 Å². The van der Waals surface area contributed by atoms with Crippen molar-refractivity contribution in [1.82, 2.24) is 4.57 Å². The molecule has 0 radical (unpaired) electrons. The lowest BCUT2D eigenvalue weighted by Crippen LogP contribution is -2.40. The molecule has 4 aromatic rings. The molecular weight excluding hydrogens is 703 g/mol. The van der Waals surface area contributed by atoms with Crippen LogP contribution in [-0.2, 0) is 16.1 Å². The number of hydrogen-bond donors (Lipinski definition) is 0. The minimum Gasteiger partial charge on any atom is -0.493 e. The van der Waals surface area contributed by atoms with E-state index in [1.165, 1.54) is 15.9 Å². The minimum absolute atomic E-state index is 0.181. The first-order valence-corrected chi connectivity index (χ1v) is 16.4. The van der Waals surface area contributed by atoms with Crippen molar-refractivity contribution in [1.29, 1.82) is 0 Å².